The Kier molecular flexibility index (Phi) is 4.85. The quantitative estimate of drug-likeness (QED) is 0.729. The van der Waals surface area contributed by atoms with E-state index in [0.29, 0.717) is 26.3 Å². The van der Waals surface area contributed by atoms with Crippen molar-refractivity contribution >= 4 is 21.6 Å². The van der Waals surface area contributed by atoms with Crippen LogP contribution >= 0.6 is 0 Å². The minimum absolute atomic E-state index is 0.0338. The number of hydrogen-bond donors (Lipinski definition) is 0. The Balaban J connectivity index is 1.89. The molecule has 1 aliphatic carbocycles. The summed E-state index contributed by atoms with van der Waals surface area (Å²) in [5.41, 5.74) is 0.338. The number of rotatable bonds is 3. The number of morpholine rings is 2. The van der Waals surface area contributed by atoms with Crippen LogP contribution in [0.1, 0.15) is 20.7 Å². The first kappa shape index (κ1) is 18.3. The molecule has 0 aromatic heterocycles. The van der Waals surface area contributed by atoms with Gasteiger partial charge in [0.15, 0.2) is 4.91 Å². The fourth-order valence-electron chi connectivity index (χ4n) is 3.57. The van der Waals surface area contributed by atoms with E-state index in [-0.39, 0.29) is 43.1 Å². The molecule has 27 heavy (non-hydrogen) atoms. The molecule has 2 aliphatic heterocycles. The monoisotopic (exact) mass is 392 g/mol. The van der Waals surface area contributed by atoms with Crippen molar-refractivity contribution in [3.63, 3.8) is 0 Å². The number of Topliss-reactive ketones (excluding diaryl/α,β-unsaturated/α-hetero) is 2. The van der Waals surface area contributed by atoms with Crippen LogP contribution in [0.5, 0.6) is 0 Å². The van der Waals surface area contributed by atoms with Crippen molar-refractivity contribution in [1.82, 2.24) is 9.21 Å². The molecular formula is C18H20N2O6S. The van der Waals surface area contributed by atoms with Gasteiger partial charge in [-0.25, -0.2) is 8.42 Å². The van der Waals surface area contributed by atoms with E-state index in [9.17, 15) is 18.0 Å². The zero-order chi connectivity index (χ0) is 19.0. The largest absolute Gasteiger partial charge is 0.379 e. The molecule has 144 valence electrons. The molecule has 2 heterocycles. The highest BCUT2D eigenvalue weighted by molar-refractivity contribution is 7.94. The lowest BCUT2D eigenvalue weighted by molar-refractivity contribution is 0.0497. The van der Waals surface area contributed by atoms with Crippen LogP contribution in [0.3, 0.4) is 0 Å². The van der Waals surface area contributed by atoms with Crippen LogP contribution in [0.25, 0.3) is 0 Å². The van der Waals surface area contributed by atoms with E-state index >= 15 is 0 Å². The van der Waals surface area contributed by atoms with Gasteiger partial charge in [-0.05, 0) is 0 Å². The molecule has 4 rings (SSSR count). The molecule has 0 unspecified atom stereocenters. The average Bonchev–Trinajstić information content (AvgIpc) is 2.71. The number of ether oxygens (including phenoxy) is 2. The summed E-state index contributed by atoms with van der Waals surface area (Å²) < 4.78 is 38.5. The van der Waals surface area contributed by atoms with E-state index < -0.39 is 26.5 Å². The van der Waals surface area contributed by atoms with Gasteiger partial charge in [0.1, 0.15) is 5.70 Å². The van der Waals surface area contributed by atoms with Gasteiger partial charge in [-0.15, -0.1) is 0 Å². The highest BCUT2D eigenvalue weighted by Crippen LogP contribution is 2.33. The molecule has 0 radical (unpaired) electrons. The number of allylic oxidation sites excluding steroid dienone is 2. The number of ketones is 2. The average molecular weight is 392 g/mol. The minimum Gasteiger partial charge on any atom is -0.379 e. The third kappa shape index (κ3) is 3.10. The Labute approximate surface area is 157 Å². The van der Waals surface area contributed by atoms with E-state index in [1.165, 1.54) is 10.4 Å². The van der Waals surface area contributed by atoms with Crippen LogP contribution < -0.4 is 0 Å². The van der Waals surface area contributed by atoms with Gasteiger partial charge >= 0.3 is 0 Å². The summed E-state index contributed by atoms with van der Waals surface area (Å²) in [6, 6.07) is 6.36. The number of carbonyl (C=O) groups is 2. The Bertz CT molecular complexity index is 912. The predicted octanol–water partition coefficient (Wildman–Crippen LogP) is 0.271. The summed E-state index contributed by atoms with van der Waals surface area (Å²) in [6.07, 6.45) is 0. The molecule has 1 aromatic carbocycles. The molecule has 1 aromatic rings. The van der Waals surface area contributed by atoms with Gasteiger partial charge in [0.25, 0.3) is 0 Å². The summed E-state index contributed by atoms with van der Waals surface area (Å²) in [5.74, 6) is -1.06. The van der Waals surface area contributed by atoms with Gasteiger partial charge in [0.2, 0.25) is 21.6 Å². The van der Waals surface area contributed by atoms with Crippen LogP contribution in [0, 0.1) is 0 Å². The Morgan fingerprint density at radius 3 is 1.89 bits per heavy atom. The number of hydrogen-bond acceptors (Lipinski definition) is 7. The van der Waals surface area contributed by atoms with E-state index in [1.54, 1.807) is 23.1 Å². The van der Waals surface area contributed by atoms with Gasteiger partial charge < -0.3 is 14.4 Å². The van der Waals surface area contributed by atoms with Crippen LogP contribution in [0.15, 0.2) is 34.9 Å². The Hall–Kier alpha value is -2.07. The van der Waals surface area contributed by atoms with Crippen LogP contribution in [-0.2, 0) is 19.5 Å². The first-order valence-corrected chi connectivity index (χ1v) is 10.3. The summed E-state index contributed by atoms with van der Waals surface area (Å²) >= 11 is 0. The second-order valence-corrected chi connectivity index (χ2v) is 8.37. The van der Waals surface area contributed by atoms with Crippen molar-refractivity contribution in [2.45, 2.75) is 0 Å². The smallest absolute Gasteiger partial charge is 0.249 e. The zero-order valence-corrected chi connectivity index (χ0v) is 15.5. The predicted molar refractivity (Wildman–Crippen MR) is 95.8 cm³/mol. The van der Waals surface area contributed by atoms with Crippen LogP contribution in [-0.4, -0.2) is 81.8 Å². The van der Waals surface area contributed by atoms with Crippen molar-refractivity contribution < 1.29 is 27.5 Å². The molecule has 3 aliphatic rings. The van der Waals surface area contributed by atoms with Crippen LogP contribution in [0.2, 0.25) is 0 Å². The van der Waals surface area contributed by atoms with Crippen molar-refractivity contribution in [2.24, 2.45) is 0 Å². The van der Waals surface area contributed by atoms with Crippen molar-refractivity contribution in [3.8, 4) is 0 Å². The number of fused-ring (bicyclic) bond motifs is 1. The van der Waals surface area contributed by atoms with Crippen LogP contribution in [0.4, 0.5) is 0 Å². The molecule has 0 atom stereocenters. The summed E-state index contributed by atoms with van der Waals surface area (Å²) in [7, 11) is -4.13. The first-order chi connectivity index (χ1) is 13.0. The lowest BCUT2D eigenvalue weighted by Gasteiger charge is -2.35. The molecule has 8 nitrogen and oxygen atoms in total. The molecular weight excluding hydrogens is 372 g/mol. The SMILES string of the molecule is O=C1C(N2CCOCC2)=C(S(=O)(=O)N2CCOCC2)C(=O)c2ccccc21. The third-order valence-electron chi connectivity index (χ3n) is 4.95. The molecule has 2 fully saturated rings. The first-order valence-electron chi connectivity index (χ1n) is 8.85. The second-order valence-electron chi connectivity index (χ2n) is 6.50. The van der Waals surface area contributed by atoms with Gasteiger partial charge in [0.05, 0.1) is 26.4 Å². The van der Waals surface area contributed by atoms with E-state index in [1.807, 2.05) is 0 Å². The molecule has 2 saturated heterocycles. The maximum atomic E-state index is 13.3. The molecule has 0 amide bonds. The number of nitrogens with zero attached hydrogens (tertiary/aromatic N) is 2. The third-order valence-corrected chi connectivity index (χ3v) is 6.89. The number of benzene rings is 1. The van der Waals surface area contributed by atoms with E-state index in [4.69, 9.17) is 9.47 Å². The topological polar surface area (TPSA) is 93.2 Å². The maximum Gasteiger partial charge on any atom is 0.249 e. The summed E-state index contributed by atoms with van der Waals surface area (Å²) in [4.78, 5) is 27.6. The number of carbonyl (C=O) groups excluding carboxylic acids is 2. The molecule has 0 bridgehead atoms. The molecule has 9 heteroatoms. The minimum atomic E-state index is -4.13. The van der Waals surface area contributed by atoms with Gasteiger partial charge in [-0.1, -0.05) is 24.3 Å². The maximum absolute atomic E-state index is 13.3. The lowest BCUT2D eigenvalue weighted by Crippen LogP contribution is -2.47. The second kappa shape index (κ2) is 7.16. The van der Waals surface area contributed by atoms with E-state index in [2.05, 4.69) is 0 Å². The molecule has 0 saturated carbocycles. The summed E-state index contributed by atoms with van der Waals surface area (Å²) in [5, 5.41) is 0. The normalized spacial score (nSPS) is 22.1. The van der Waals surface area contributed by atoms with Gasteiger partial charge in [-0.3, -0.25) is 9.59 Å². The highest BCUT2D eigenvalue weighted by atomic mass is 32.2. The Morgan fingerprint density at radius 1 is 0.778 bits per heavy atom. The standard InChI is InChI=1S/C18H20N2O6S/c21-16-13-3-1-2-4-14(13)17(22)18(15(16)19-5-9-25-10-6-19)27(23,24)20-7-11-26-12-8-20/h1-4H,5-12H2. The van der Waals surface area contributed by atoms with E-state index in [0.717, 1.165) is 0 Å². The zero-order valence-electron chi connectivity index (χ0n) is 14.7. The van der Waals surface area contributed by atoms with Gasteiger partial charge in [-0.2, -0.15) is 4.31 Å². The number of sulfonamides is 1. The van der Waals surface area contributed by atoms with Crippen molar-refractivity contribution in [1.29, 1.82) is 0 Å². The summed E-state index contributed by atoms with van der Waals surface area (Å²) in [6.45, 7) is 2.30. The fraction of sp³-hybridized carbons (Fsp3) is 0.444. The van der Waals surface area contributed by atoms with Gasteiger partial charge in [0, 0.05) is 37.3 Å². The fourth-order valence-corrected chi connectivity index (χ4v) is 5.27. The highest BCUT2D eigenvalue weighted by Gasteiger charge is 2.44. The Morgan fingerprint density at radius 2 is 1.30 bits per heavy atom. The van der Waals surface area contributed by atoms with Crippen molar-refractivity contribution in [2.75, 3.05) is 52.6 Å². The lowest BCUT2D eigenvalue weighted by atomic mass is 9.91. The molecule has 0 N–H and O–H groups in total. The van der Waals surface area contributed by atoms with Crippen molar-refractivity contribution in [3.05, 3.63) is 46.0 Å². The molecule has 0 spiro atoms.